The molecule has 0 saturated heterocycles. The molecule has 1 aromatic carbocycles. The van der Waals surface area contributed by atoms with Crippen LogP contribution >= 0.6 is 38.9 Å². The number of nitrogens with one attached hydrogen (secondary N) is 1. The summed E-state index contributed by atoms with van der Waals surface area (Å²) in [5, 5.41) is 5.56. The van der Waals surface area contributed by atoms with Crippen molar-refractivity contribution in [1.82, 2.24) is 5.32 Å². The monoisotopic (exact) mass is 347 g/mol. The van der Waals surface area contributed by atoms with E-state index in [2.05, 4.69) is 27.3 Å². The Labute approximate surface area is 123 Å². The van der Waals surface area contributed by atoms with Gasteiger partial charge in [0.1, 0.15) is 5.82 Å². The first-order valence-corrected chi connectivity index (χ1v) is 7.52. The van der Waals surface area contributed by atoms with Crippen molar-refractivity contribution in [2.75, 3.05) is 0 Å². The summed E-state index contributed by atoms with van der Waals surface area (Å²) in [5.74, 6) is -0.373. The molecule has 0 amide bonds. The zero-order chi connectivity index (χ0) is 13.1. The van der Waals surface area contributed by atoms with Crippen LogP contribution in [0.5, 0.6) is 0 Å². The van der Waals surface area contributed by atoms with Gasteiger partial charge in [0, 0.05) is 27.3 Å². The van der Waals surface area contributed by atoms with Crippen LogP contribution in [0.15, 0.2) is 34.1 Å². The van der Waals surface area contributed by atoms with Gasteiger partial charge in [-0.2, -0.15) is 0 Å². The maximum absolute atomic E-state index is 13.3. The van der Waals surface area contributed by atoms with Gasteiger partial charge in [0.05, 0.1) is 5.02 Å². The average molecular weight is 349 g/mol. The molecule has 2 rings (SSSR count). The van der Waals surface area contributed by atoms with Gasteiger partial charge in [-0.3, -0.25) is 0 Å². The summed E-state index contributed by atoms with van der Waals surface area (Å²) in [6.07, 6.45) is 0. The Bertz CT molecular complexity index is 544. The highest BCUT2D eigenvalue weighted by Crippen LogP contribution is 2.22. The van der Waals surface area contributed by atoms with Crippen molar-refractivity contribution >= 4 is 38.9 Å². The zero-order valence-corrected chi connectivity index (χ0v) is 12.9. The molecule has 5 heteroatoms. The molecule has 2 aromatic rings. The summed E-state index contributed by atoms with van der Waals surface area (Å²) < 4.78 is 14.4. The lowest BCUT2D eigenvalue weighted by molar-refractivity contribution is 0.568. The first-order valence-electron chi connectivity index (χ1n) is 5.47. The molecular weight excluding hydrogens is 337 g/mol. The molecule has 1 N–H and O–H groups in total. The zero-order valence-electron chi connectivity index (χ0n) is 9.71. The van der Waals surface area contributed by atoms with E-state index in [1.54, 1.807) is 17.4 Å². The van der Waals surface area contributed by atoms with Gasteiger partial charge in [0.2, 0.25) is 0 Å². The third kappa shape index (κ3) is 3.54. The normalized spacial score (nSPS) is 12.7. The van der Waals surface area contributed by atoms with Gasteiger partial charge in [-0.25, -0.2) is 4.39 Å². The van der Waals surface area contributed by atoms with E-state index < -0.39 is 0 Å². The summed E-state index contributed by atoms with van der Waals surface area (Å²) in [6.45, 7) is 2.77. The van der Waals surface area contributed by atoms with Crippen LogP contribution in [-0.4, -0.2) is 0 Å². The molecule has 0 aliphatic heterocycles. The van der Waals surface area contributed by atoms with E-state index in [0.29, 0.717) is 0 Å². The van der Waals surface area contributed by atoms with Gasteiger partial charge in [-0.05, 0) is 46.6 Å². The standard InChI is InChI=1S/C13H12BrClFNS/c1-8(9-2-3-12(15)13(16)4-9)17-6-11-5-10(14)7-18-11/h2-5,7-8,17H,6H2,1H3. The van der Waals surface area contributed by atoms with Crippen molar-refractivity contribution in [3.8, 4) is 0 Å². The number of hydrogen-bond acceptors (Lipinski definition) is 2. The Kier molecular flexibility index (Phi) is 4.78. The quantitative estimate of drug-likeness (QED) is 0.805. The Morgan fingerprint density at radius 3 is 2.83 bits per heavy atom. The molecular formula is C13H12BrClFNS. The first-order chi connectivity index (χ1) is 8.56. The van der Waals surface area contributed by atoms with E-state index in [9.17, 15) is 4.39 Å². The Morgan fingerprint density at radius 2 is 2.22 bits per heavy atom. The fraction of sp³-hybridized carbons (Fsp3) is 0.231. The van der Waals surface area contributed by atoms with E-state index >= 15 is 0 Å². The van der Waals surface area contributed by atoms with Crippen molar-refractivity contribution < 1.29 is 4.39 Å². The lowest BCUT2D eigenvalue weighted by Crippen LogP contribution is -2.17. The number of thiophene rings is 1. The van der Waals surface area contributed by atoms with Crippen molar-refractivity contribution in [3.05, 3.63) is 55.4 Å². The Balaban J connectivity index is 1.99. The molecule has 0 saturated carbocycles. The molecule has 0 aliphatic carbocycles. The molecule has 1 nitrogen and oxygen atoms in total. The molecule has 1 unspecified atom stereocenters. The summed E-state index contributed by atoms with van der Waals surface area (Å²) >= 11 is 10.8. The highest BCUT2D eigenvalue weighted by Gasteiger charge is 2.08. The molecule has 0 spiro atoms. The van der Waals surface area contributed by atoms with E-state index in [-0.39, 0.29) is 16.9 Å². The van der Waals surface area contributed by atoms with Gasteiger partial charge in [-0.15, -0.1) is 11.3 Å². The Hall–Kier alpha value is -0.420. The fourth-order valence-corrected chi connectivity index (χ4v) is 3.12. The minimum Gasteiger partial charge on any atom is -0.305 e. The topological polar surface area (TPSA) is 12.0 Å². The highest BCUT2D eigenvalue weighted by atomic mass is 79.9. The third-order valence-corrected chi connectivity index (χ3v) is 4.65. The molecule has 1 aromatic heterocycles. The SMILES string of the molecule is CC(NCc1cc(Br)cs1)c1ccc(Cl)c(F)c1. The van der Waals surface area contributed by atoms with Crippen LogP contribution in [0, 0.1) is 5.82 Å². The largest absolute Gasteiger partial charge is 0.305 e. The van der Waals surface area contributed by atoms with Crippen molar-refractivity contribution in [2.45, 2.75) is 19.5 Å². The lowest BCUT2D eigenvalue weighted by Gasteiger charge is -2.14. The van der Waals surface area contributed by atoms with Crippen molar-refractivity contribution in [2.24, 2.45) is 0 Å². The van der Waals surface area contributed by atoms with Crippen LogP contribution in [-0.2, 0) is 6.54 Å². The van der Waals surface area contributed by atoms with E-state index in [0.717, 1.165) is 16.6 Å². The van der Waals surface area contributed by atoms with E-state index in [1.165, 1.54) is 10.9 Å². The highest BCUT2D eigenvalue weighted by molar-refractivity contribution is 9.10. The molecule has 0 fully saturated rings. The molecule has 0 aliphatic rings. The van der Waals surface area contributed by atoms with Crippen LogP contribution in [0.3, 0.4) is 0 Å². The number of benzene rings is 1. The maximum atomic E-state index is 13.3. The number of rotatable bonds is 4. The number of halogens is 3. The number of hydrogen-bond donors (Lipinski definition) is 1. The van der Waals surface area contributed by atoms with Gasteiger partial charge in [-0.1, -0.05) is 17.7 Å². The average Bonchev–Trinajstić information content (AvgIpc) is 2.75. The van der Waals surface area contributed by atoms with E-state index in [1.807, 2.05) is 18.4 Å². The second kappa shape index (κ2) is 6.15. The van der Waals surface area contributed by atoms with Crippen LogP contribution in [0.4, 0.5) is 4.39 Å². The Morgan fingerprint density at radius 1 is 1.44 bits per heavy atom. The summed E-state index contributed by atoms with van der Waals surface area (Å²) in [6, 6.07) is 7.06. The van der Waals surface area contributed by atoms with Crippen LogP contribution in [0.25, 0.3) is 0 Å². The van der Waals surface area contributed by atoms with Crippen LogP contribution < -0.4 is 5.32 Å². The van der Waals surface area contributed by atoms with E-state index in [4.69, 9.17) is 11.6 Å². The predicted molar refractivity (Wildman–Crippen MR) is 78.7 cm³/mol. The minimum absolute atomic E-state index is 0.0812. The van der Waals surface area contributed by atoms with Crippen molar-refractivity contribution in [1.29, 1.82) is 0 Å². The smallest absolute Gasteiger partial charge is 0.142 e. The molecule has 0 bridgehead atoms. The second-order valence-electron chi connectivity index (χ2n) is 4.01. The first kappa shape index (κ1) is 14.0. The summed E-state index contributed by atoms with van der Waals surface area (Å²) in [4.78, 5) is 1.24. The van der Waals surface area contributed by atoms with Crippen molar-refractivity contribution in [3.63, 3.8) is 0 Å². The van der Waals surface area contributed by atoms with Gasteiger partial charge in [0.25, 0.3) is 0 Å². The summed E-state index contributed by atoms with van der Waals surface area (Å²) in [5.41, 5.74) is 0.896. The molecule has 0 radical (unpaired) electrons. The maximum Gasteiger partial charge on any atom is 0.142 e. The fourth-order valence-electron chi connectivity index (χ4n) is 1.60. The lowest BCUT2D eigenvalue weighted by atomic mass is 10.1. The third-order valence-electron chi connectivity index (χ3n) is 2.65. The molecule has 1 heterocycles. The summed E-state index contributed by atoms with van der Waals surface area (Å²) in [7, 11) is 0. The van der Waals surface area contributed by atoms with Gasteiger partial charge < -0.3 is 5.32 Å². The second-order valence-corrected chi connectivity index (χ2v) is 6.33. The van der Waals surface area contributed by atoms with Crippen LogP contribution in [0.1, 0.15) is 23.4 Å². The molecule has 1 atom stereocenters. The van der Waals surface area contributed by atoms with Crippen LogP contribution in [0.2, 0.25) is 5.02 Å². The van der Waals surface area contributed by atoms with Gasteiger partial charge >= 0.3 is 0 Å². The predicted octanol–water partition coefficient (Wildman–Crippen LogP) is 5.15. The molecule has 18 heavy (non-hydrogen) atoms. The molecule has 96 valence electrons. The van der Waals surface area contributed by atoms with Gasteiger partial charge in [0.15, 0.2) is 0 Å². The minimum atomic E-state index is -0.373.